The number of carbonyl (C=O) groups is 5. The van der Waals surface area contributed by atoms with Gasteiger partial charge in [0.1, 0.15) is 12.4 Å². The fourth-order valence-corrected chi connectivity index (χ4v) is 7.68. The molecule has 6 rings (SSSR count). The number of hydrogen-bond donors (Lipinski definition) is 2. The maximum absolute atomic E-state index is 14.4. The Hall–Kier alpha value is -4.31. The van der Waals surface area contributed by atoms with Gasteiger partial charge in [-0.05, 0) is 43.9 Å². The van der Waals surface area contributed by atoms with Crippen LogP contribution in [0.25, 0.3) is 0 Å². The highest BCUT2D eigenvalue weighted by Gasteiger charge is 2.67. The smallest absolute Gasteiger partial charge is 0.305 e. The molecule has 2 aromatic carbocycles. The zero-order valence-electron chi connectivity index (χ0n) is 23.1. The Morgan fingerprint density at radius 3 is 2.40 bits per heavy atom. The number of amides is 4. The predicted octanol–water partition coefficient (Wildman–Crippen LogP) is 2.76. The number of hydrogen-bond acceptors (Lipinski definition) is 7. The van der Waals surface area contributed by atoms with Gasteiger partial charge in [-0.15, -0.1) is 0 Å². The number of rotatable bonds is 8. The van der Waals surface area contributed by atoms with Crippen molar-refractivity contribution in [3.63, 3.8) is 0 Å². The van der Waals surface area contributed by atoms with Crippen molar-refractivity contribution in [1.29, 1.82) is 0 Å². The molecule has 2 saturated heterocycles. The van der Waals surface area contributed by atoms with Crippen molar-refractivity contribution in [2.45, 2.75) is 32.1 Å². The van der Waals surface area contributed by atoms with Crippen LogP contribution in [0.1, 0.15) is 37.7 Å². The highest BCUT2D eigenvalue weighted by molar-refractivity contribution is 6.24. The van der Waals surface area contributed by atoms with Gasteiger partial charge < -0.3 is 14.9 Å². The summed E-state index contributed by atoms with van der Waals surface area (Å²) in [6.45, 7) is 1.42. The molecule has 218 valence electrons. The van der Waals surface area contributed by atoms with Crippen LogP contribution in [0.2, 0.25) is 0 Å². The van der Waals surface area contributed by atoms with Crippen LogP contribution in [-0.4, -0.2) is 64.5 Å². The number of likely N-dealkylation sites (tertiary alicyclic amines) is 1. The molecule has 2 aromatic rings. The maximum Gasteiger partial charge on any atom is 0.305 e. The lowest BCUT2D eigenvalue weighted by atomic mass is 9.51. The molecule has 0 bridgehead atoms. The van der Waals surface area contributed by atoms with E-state index in [0.29, 0.717) is 17.0 Å². The lowest BCUT2D eigenvalue weighted by molar-refractivity contribution is -0.142. The van der Waals surface area contributed by atoms with E-state index in [1.54, 1.807) is 49.4 Å². The van der Waals surface area contributed by atoms with Crippen LogP contribution in [0.15, 0.2) is 66.2 Å². The summed E-state index contributed by atoms with van der Waals surface area (Å²) in [7, 11) is 0. The van der Waals surface area contributed by atoms with Gasteiger partial charge in [-0.25, -0.2) is 4.90 Å². The molecule has 10 nitrogen and oxygen atoms in total. The molecule has 0 aromatic heterocycles. The molecule has 2 aliphatic carbocycles. The van der Waals surface area contributed by atoms with E-state index >= 15 is 0 Å². The van der Waals surface area contributed by atoms with Crippen LogP contribution in [-0.2, 0) is 24.0 Å². The standard InChI is InChI=1S/C32H32N2O8/c1-32-23(29(39)34(31(32)41)18-7-3-2-4-8-18)17-22-19(27(32)20-9-5-6-10-24(20)42-16-15-35)11-12-21-26(22)30(40)33(28(21)38)14-13-25(36)37/h2-11,21-23,26-27,35H,12-17H2,1H3,(H,36,37). The summed E-state index contributed by atoms with van der Waals surface area (Å²) in [4.78, 5) is 69.1. The molecule has 6 atom stereocenters. The molecule has 10 heteroatoms. The highest BCUT2D eigenvalue weighted by atomic mass is 16.5. The van der Waals surface area contributed by atoms with Crippen LogP contribution in [0.3, 0.4) is 0 Å². The van der Waals surface area contributed by atoms with E-state index in [2.05, 4.69) is 0 Å². The lowest BCUT2D eigenvalue weighted by Gasteiger charge is -2.49. The molecule has 1 saturated carbocycles. The number of nitrogens with zero attached hydrogens (tertiary/aromatic N) is 2. The summed E-state index contributed by atoms with van der Waals surface area (Å²) in [5.74, 6) is -5.47. The van der Waals surface area contributed by atoms with Crippen molar-refractivity contribution in [2.24, 2.45) is 29.1 Å². The molecule has 3 fully saturated rings. The Morgan fingerprint density at radius 1 is 0.976 bits per heavy atom. The van der Waals surface area contributed by atoms with Gasteiger partial charge in [0.05, 0.1) is 41.9 Å². The van der Waals surface area contributed by atoms with E-state index in [1.807, 2.05) is 18.2 Å². The molecule has 0 spiro atoms. The van der Waals surface area contributed by atoms with Crippen molar-refractivity contribution in [2.75, 3.05) is 24.7 Å². The number of anilines is 1. The molecule has 42 heavy (non-hydrogen) atoms. The number of imide groups is 2. The molecule has 2 N–H and O–H groups in total. The second-order valence-electron chi connectivity index (χ2n) is 11.6. The fraction of sp³-hybridized carbons (Fsp3) is 0.406. The third-order valence-electron chi connectivity index (χ3n) is 9.51. The first-order valence-corrected chi connectivity index (χ1v) is 14.2. The summed E-state index contributed by atoms with van der Waals surface area (Å²) >= 11 is 0. The number of aliphatic hydroxyl groups excluding tert-OH is 1. The van der Waals surface area contributed by atoms with Gasteiger partial charge in [-0.2, -0.15) is 0 Å². The lowest BCUT2D eigenvalue weighted by Crippen LogP contribution is -2.49. The molecule has 2 aliphatic heterocycles. The number of aliphatic hydroxyl groups is 1. The minimum atomic E-state index is -1.21. The number of benzene rings is 2. The van der Waals surface area contributed by atoms with Crippen molar-refractivity contribution in [3.05, 3.63) is 71.8 Å². The van der Waals surface area contributed by atoms with Gasteiger partial charge in [0.15, 0.2) is 0 Å². The average molecular weight is 573 g/mol. The first-order valence-electron chi connectivity index (χ1n) is 14.2. The van der Waals surface area contributed by atoms with E-state index in [1.165, 1.54) is 4.90 Å². The van der Waals surface area contributed by atoms with Gasteiger partial charge in [0.25, 0.3) is 0 Å². The number of ether oxygens (including phenoxy) is 1. The third kappa shape index (κ3) is 4.07. The quantitative estimate of drug-likeness (QED) is 0.363. The van der Waals surface area contributed by atoms with Gasteiger partial charge in [-0.1, -0.05) is 48.0 Å². The second-order valence-corrected chi connectivity index (χ2v) is 11.6. The van der Waals surface area contributed by atoms with Gasteiger partial charge >= 0.3 is 5.97 Å². The maximum atomic E-state index is 14.4. The summed E-state index contributed by atoms with van der Waals surface area (Å²) in [5.41, 5.74) is 0.736. The molecule has 6 unspecified atom stereocenters. The normalized spacial score (nSPS) is 30.1. The van der Waals surface area contributed by atoms with Crippen molar-refractivity contribution in [1.82, 2.24) is 4.90 Å². The Morgan fingerprint density at radius 2 is 1.69 bits per heavy atom. The van der Waals surface area contributed by atoms with Crippen molar-refractivity contribution >= 4 is 35.3 Å². The number of para-hydroxylation sites is 2. The largest absolute Gasteiger partial charge is 0.491 e. The van der Waals surface area contributed by atoms with Crippen LogP contribution in [0, 0.1) is 29.1 Å². The number of aliphatic carboxylic acids is 1. The summed E-state index contributed by atoms with van der Waals surface area (Å²) < 4.78 is 5.91. The van der Waals surface area contributed by atoms with E-state index in [4.69, 9.17) is 4.74 Å². The van der Waals surface area contributed by atoms with Gasteiger partial charge in [-0.3, -0.25) is 28.9 Å². The Kier molecular flexibility index (Phi) is 6.97. The first kappa shape index (κ1) is 27.8. The second kappa shape index (κ2) is 10.5. The van der Waals surface area contributed by atoms with Gasteiger partial charge in [0, 0.05) is 18.0 Å². The Balaban J connectivity index is 1.49. The average Bonchev–Trinajstić information content (AvgIpc) is 3.34. The molecular formula is C32H32N2O8. The molecule has 2 heterocycles. The number of carboxylic acid groups (broad SMARTS) is 1. The van der Waals surface area contributed by atoms with Crippen LogP contribution in [0.4, 0.5) is 5.69 Å². The minimum Gasteiger partial charge on any atom is -0.491 e. The van der Waals surface area contributed by atoms with Gasteiger partial charge in [0.2, 0.25) is 23.6 Å². The molecule has 4 aliphatic rings. The van der Waals surface area contributed by atoms with Crippen molar-refractivity contribution < 1.29 is 38.9 Å². The minimum absolute atomic E-state index is 0.0333. The highest BCUT2D eigenvalue weighted by Crippen LogP contribution is 2.64. The van der Waals surface area contributed by atoms with Crippen molar-refractivity contribution in [3.8, 4) is 5.75 Å². The van der Waals surface area contributed by atoms with E-state index < -0.39 is 52.8 Å². The molecule has 4 amide bonds. The number of carbonyl (C=O) groups excluding carboxylic acids is 4. The van der Waals surface area contributed by atoms with Crippen LogP contribution < -0.4 is 9.64 Å². The summed E-state index contributed by atoms with van der Waals surface area (Å²) in [5, 5.41) is 18.6. The van der Waals surface area contributed by atoms with Crippen LogP contribution >= 0.6 is 0 Å². The fourth-order valence-electron chi connectivity index (χ4n) is 7.68. The third-order valence-corrected chi connectivity index (χ3v) is 9.51. The Bertz CT molecular complexity index is 1500. The monoisotopic (exact) mass is 572 g/mol. The zero-order chi connectivity index (χ0) is 29.8. The number of allylic oxidation sites excluding steroid dienone is 2. The number of carboxylic acids is 1. The summed E-state index contributed by atoms with van der Waals surface area (Å²) in [6.07, 6.45) is 2.07. The number of fused-ring (bicyclic) bond motifs is 4. The van der Waals surface area contributed by atoms with E-state index in [-0.39, 0.29) is 50.8 Å². The zero-order valence-corrected chi connectivity index (χ0v) is 23.1. The molecule has 0 radical (unpaired) electrons. The Labute approximate surface area is 242 Å². The predicted molar refractivity (Wildman–Crippen MR) is 149 cm³/mol. The van der Waals surface area contributed by atoms with Crippen LogP contribution in [0.5, 0.6) is 5.75 Å². The molecular weight excluding hydrogens is 540 g/mol. The van der Waals surface area contributed by atoms with E-state index in [9.17, 15) is 34.2 Å². The van der Waals surface area contributed by atoms with E-state index in [0.717, 1.165) is 10.5 Å². The SMILES string of the molecule is CC12C(=O)N(c3ccccc3)C(=O)C1CC1C(=CCC3C(=O)N(CCC(=O)O)C(=O)C31)C2c1ccccc1OCCO. The summed E-state index contributed by atoms with van der Waals surface area (Å²) in [6, 6.07) is 16.0. The first-order chi connectivity index (χ1) is 20.2. The topological polar surface area (TPSA) is 142 Å².